The van der Waals surface area contributed by atoms with Crippen LogP contribution in [-0.4, -0.2) is 16.3 Å². The Morgan fingerprint density at radius 1 is 1.29 bits per heavy atom. The highest BCUT2D eigenvalue weighted by molar-refractivity contribution is 9.10. The molecule has 0 amide bonds. The van der Waals surface area contributed by atoms with Gasteiger partial charge in [0.1, 0.15) is 0 Å². The molecule has 3 nitrogen and oxygen atoms in total. The predicted octanol–water partition coefficient (Wildman–Crippen LogP) is 4.26. The molecule has 0 unspecified atom stereocenters. The van der Waals surface area contributed by atoms with Gasteiger partial charge in [0.05, 0.1) is 17.6 Å². The molecule has 0 spiro atoms. The fraction of sp³-hybridized carbons (Fsp3) is 0.471. The van der Waals surface area contributed by atoms with Gasteiger partial charge in [-0.05, 0) is 49.6 Å². The molecule has 1 saturated carbocycles. The maximum absolute atomic E-state index is 4.64. The first kappa shape index (κ1) is 14.8. The average molecular weight is 348 g/mol. The first-order valence-corrected chi connectivity index (χ1v) is 8.48. The molecule has 1 aromatic heterocycles. The van der Waals surface area contributed by atoms with Crippen LogP contribution < -0.4 is 5.32 Å². The van der Waals surface area contributed by atoms with Gasteiger partial charge in [0, 0.05) is 22.5 Å². The van der Waals surface area contributed by atoms with E-state index in [0.29, 0.717) is 11.8 Å². The number of nitrogens with one attached hydrogen (secondary N) is 1. The first-order chi connectivity index (χ1) is 10.1. The topological polar surface area (TPSA) is 29.9 Å². The van der Waals surface area contributed by atoms with Crippen molar-refractivity contribution in [3.63, 3.8) is 0 Å². The molecule has 1 N–H and O–H groups in total. The van der Waals surface area contributed by atoms with Crippen LogP contribution in [0.5, 0.6) is 0 Å². The molecule has 0 saturated heterocycles. The molecule has 1 aliphatic carbocycles. The number of nitrogens with zero attached hydrogens (tertiary/aromatic N) is 2. The Kier molecular flexibility index (Phi) is 4.45. The molecular formula is C17H22BrN3. The van der Waals surface area contributed by atoms with Crippen molar-refractivity contribution >= 4 is 15.9 Å². The van der Waals surface area contributed by atoms with Crippen LogP contribution in [0.15, 0.2) is 34.9 Å². The van der Waals surface area contributed by atoms with Gasteiger partial charge in [-0.1, -0.05) is 29.8 Å². The second-order valence-electron chi connectivity index (χ2n) is 6.24. The molecule has 0 radical (unpaired) electrons. The van der Waals surface area contributed by atoms with Crippen LogP contribution in [0.4, 0.5) is 0 Å². The standard InChI is InChI=1S/C17H22BrN3/c1-12(2)9-19-10-14-11-20-21(17(14)13-3-4-13)16-7-5-15(18)6-8-16/h5-8,11-13,19H,3-4,9-10H2,1-2H3. The molecule has 1 heterocycles. The van der Waals surface area contributed by atoms with E-state index in [4.69, 9.17) is 0 Å². The zero-order valence-electron chi connectivity index (χ0n) is 12.6. The fourth-order valence-electron chi connectivity index (χ4n) is 2.60. The summed E-state index contributed by atoms with van der Waals surface area (Å²) in [6, 6.07) is 8.39. The van der Waals surface area contributed by atoms with E-state index in [9.17, 15) is 0 Å². The molecule has 2 aromatic rings. The zero-order chi connectivity index (χ0) is 14.8. The van der Waals surface area contributed by atoms with E-state index in [1.54, 1.807) is 0 Å². The minimum Gasteiger partial charge on any atom is -0.312 e. The predicted molar refractivity (Wildman–Crippen MR) is 89.8 cm³/mol. The largest absolute Gasteiger partial charge is 0.312 e. The summed E-state index contributed by atoms with van der Waals surface area (Å²) < 4.78 is 3.22. The molecule has 3 rings (SSSR count). The quantitative estimate of drug-likeness (QED) is 0.845. The van der Waals surface area contributed by atoms with Gasteiger partial charge in [0.15, 0.2) is 0 Å². The van der Waals surface area contributed by atoms with Gasteiger partial charge in [0.25, 0.3) is 0 Å². The van der Waals surface area contributed by atoms with Crippen LogP contribution in [0.2, 0.25) is 0 Å². The molecule has 4 heteroatoms. The third-order valence-electron chi connectivity index (χ3n) is 3.79. The van der Waals surface area contributed by atoms with Crippen molar-refractivity contribution in [2.24, 2.45) is 5.92 Å². The number of hydrogen-bond donors (Lipinski definition) is 1. The maximum atomic E-state index is 4.64. The first-order valence-electron chi connectivity index (χ1n) is 7.68. The van der Waals surface area contributed by atoms with E-state index in [2.05, 4.69) is 69.1 Å². The highest BCUT2D eigenvalue weighted by atomic mass is 79.9. The molecule has 0 aliphatic heterocycles. The average Bonchev–Trinajstić information content (AvgIpc) is 3.21. The minimum atomic E-state index is 0.677. The molecule has 112 valence electrons. The number of hydrogen-bond acceptors (Lipinski definition) is 2. The normalized spacial score (nSPS) is 14.9. The van der Waals surface area contributed by atoms with E-state index in [-0.39, 0.29) is 0 Å². The van der Waals surface area contributed by atoms with Crippen molar-refractivity contribution in [1.82, 2.24) is 15.1 Å². The van der Waals surface area contributed by atoms with Crippen molar-refractivity contribution in [3.05, 3.63) is 46.2 Å². The van der Waals surface area contributed by atoms with Crippen molar-refractivity contribution in [1.29, 1.82) is 0 Å². The Balaban J connectivity index is 1.84. The van der Waals surface area contributed by atoms with Gasteiger partial charge in [-0.3, -0.25) is 0 Å². The number of rotatable bonds is 6. The zero-order valence-corrected chi connectivity index (χ0v) is 14.2. The third-order valence-corrected chi connectivity index (χ3v) is 4.32. The van der Waals surface area contributed by atoms with Gasteiger partial charge in [-0.25, -0.2) is 4.68 Å². The van der Waals surface area contributed by atoms with E-state index in [1.165, 1.54) is 24.1 Å². The monoisotopic (exact) mass is 347 g/mol. The number of benzene rings is 1. The SMILES string of the molecule is CC(C)CNCc1cnn(-c2ccc(Br)cc2)c1C1CC1. The Bertz CT molecular complexity index is 597. The van der Waals surface area contributed by atoms with Crippen LogP contribution in [0.25, 0.3) is 5.69 Å². The summed E-state index contributed by atoms with van der Waals surface area (Å²) in [5.74, 6) is 1.36. The Morgan fingerprint density at radius 3 is 2.62 bits per heavy atom. The molecule has 1 fully saturated rings. The Hall–Kier alpha value is -1.13. The smallest absolute Gasteiger partial charge is 0.0649 e. The second kappa shape index (κ2) is 6.32. The summed E-state index contributed by atoms with van der Waals surface area (Å²) in [5.41, 5.74) is 3.89. The summed E-state index contributed by atoms with van der Waals surface area (Å²) in [7, 11) is 0. The van der Waals surface area contributed by atoms with Crippen LogP contribution in [0.1, 0.15) is 43.9 Å². The van der Waals surface area contributed by atoms with Crippen molar-refractivity contribution in [2.75, 3.05) is 6.54 Å². The molecule has 0 bridgehead atoms. The lowest BCUT2D eigenvalue weighted by atomic mass is 10.1. The highest BCUT2D eigenvalue weighted by Gasteiger charge is 2.30. The van der Waals surface area contributed by atoms with Crippen molar-refractivity contribution < 1.29 is 0 Å². The van der Waals surface area contributed by atoms with Crippen LogP contribution in [0, 0.1) is 5.92 Å². The second-order valence-corrected chi connectivity index (χ2v) is 7.16. The van der Waals surface area contributed by atoms with E-state index in [0.717, 1.165) is 23.2 Å². The summed E-state index contributed by atoms with van der Waals surface area (Å²) in [4.78, 5) is 0. The van der Waals surface area contributed by atoms with Crippen LogP contribution in [0.3, 0.4) is 0 Å². The summed E-state index contributed by atoms with van der Waals surface area (Å²) in [5, 5.41) is 8.17. The molecule has 0 atom stereocenters. The highest BCUT2D eigenvalue weighted by Crippen LogP contribution is 2.42. The summed E-state index contributed by atoms with van der Waals surface area (Å²) >= 11 is 3.49. The molecule has 21 heavy (non-hydrogen) atoms. The number of aromatic nitrogens is 2. The summed E-state index contributed by atoms with van der Waals surface area (Å²) in [6.45, 7) is 6.44. The Morgan fingerprint density at radius 2 is 2.00 bits per heavy atom. The van der Waals surface area contributed by atoms with Gasteiger partial charge in [-0.15, -0.1) is 0 Å². The van der Waals surface area contributed by atoms with Gasteiger partial charge < -0.3 is 5.32 Å². The minimum absolute atomic E-state index is 0.677. The van der Waals surface area contributed by atoms with Gasteiger partial charge in [-0.2, -0.15) is 5.10 Å². The van der Waals surface area contributed by atoms with E-state index in [1.807, 2.05) is 6.20 Å². The fourth-order valence-corrected chi connectivity index (χ4v) is 2.87. The van der Waals surface area contributed by atoms with Crippen molar-refractivity contribution in [3.8, 4) is 5.69 Å². The molecular weight excluding hydrogens is 326 g/mol. The van der Waals surface area contributed by atoms with Gasteiger partial charge >= 0.3 is 0 Å². The van der Waals surface area contributed by atoms with E-state index < -0.39 is 0 Å². The lowest BCUT2D eigenvalue weighted by molar-refractivity contribution is 0.550. The molecule has 1 aliphatic rings. The number of halogens is 1. The van der Waals surface area contributed by atoms with Crippen LogP contribution >= 0.6 is 15.9 Å². The third kappa shape index (κ3) is 3.55. The van der Waals surface area contributed by atoms with E-state index >= 15 is 0 Å². The Labute approximate surface area is 134 Å². The van der Waals surface area contributed by atoms with Crippen LogP contribution in [-0.2, 0) is 6.54 Å². The maximum Gasteiger partial charge on any atom is 0.0649 e. The summed E-state index contributed by atoms with van der Waals surface area (Å²) in [6.07, 6.45) is 4.61. The lowest BCUT2D eigenvalue weighted by Gasteiger charge is -2.11. The van der Waals surface area contributed by atoms with Gasteiger partial charge in [0.2, 0.25) is 0 Å². The molecule has 1 aromatic carbocycles. The lowest BCUT2D eigenvalue weighted by Crippen LogP contribution is -2.19. The van der Waals surface area contributed by atoms with Crippen molar-refractivity contribution in [2.45, 2.75) is 39.2 Å².